The first-order valence-electron chi connectivity index (χ1n) is 7.14. The van der Waals surface area contributed by atoms with Crippen LogP contribution < -0.4 is 15.5 Å². The molecule has 0 aliphatic heterocycles. The summed E-state index contributed by atoms with van der Waals surface area (Å²) in [6, 6.07) is -1.12. The Morgan fingerprint density at radius 2 is 1.53 bits per heavy atom. The van der Waals surface area contributed by atoms with Crippen molar-refractivity contribution in [2.24, 2.45) is 17.8 Å². The second kappa shape index (κ2) is 4.47. The van der Waals surface area contributed by atoms with E-state index in [4.69, 9.17) is 0 Å². The second-order valence-electron chi connectivity index (χ2n) is 6.79. The summed E-state index contributed by atoms with van der Waals surface area (Å²) in [5.41, 5.74) is -0.172. The Hall–Kier alpha value is -1.10. The van der Waals surface area contributed by atoms with Crippen LogP contribution in [-0.2, 0) is 9.59 Å². The molecule has 4 saturated carbocycles. The van der Waals surface area contributed by atoms with Gasteiger partial charge in [0.15, 0.2) is 0 Å². The van der Waals surface area contributed by atoms with Gasteiger partial charge in [-0.3, -0.25) is 0 Å². The molecule has 0 aromatic carbocycles. The quantitative estimate of drug-likeness (QED) is 0.674. The van der Waals surface area contributed by atoms with Gasteiger partial charge in [-0.05, 0) is 56.3 Å². The Bertz CT molecular complexity index is 371. The van der Waals surface area contributed by atoms with Gasteiger partial charge in [0.05, 0.1) is 12.0 Å². The number of rotatable bonds is 5. The van der Waals surface area contributed by atoms with Gasteiger partial charge in [-0.25, -0.2) is 0 Å². The van der Waals surface area contributed by atoms with Gasteiger partial charge in [-0.1, -0.05) is 0 Å². The molecule has 4 fully saturated rings. The fourth-order valence-electron chi connectivity index (χ4n) is 5.02. The van der Waals surface area contributed by atoms with Crippen LogP contribution in [0.3, 0.4) is 0 Å². The van der Waals surface area contributed by atoms with Crippen molar-refractivity contribution in [3.8, 4) is 0 Å². The lowest BCUT2D eigenvalue weighted by Gasteiger charge is -2.58. The van der Waals surface area contributed by atoms with Crippen molar-refractivity contribution in [3.05, 3.63) is 0 Å². The minimum atomic E-state index is -1.34. The molecular formula is C14H19NO4-2. The number of hydrogen-bond acceptors (Lipinski definition) is 5. The van der Waals surface area contributed by atoms with Gasteiger partial charge >= 0.3 is 0 Å². The summed E-state index contributed by atoms with van der Waals surface area (Å²) in [4.78, 5) is 21.8. The number of carboxylic acid groups (broad SMARTS) is 2. The summed E-state index contributed by atoms with van der Waals surface area (Å²) in [6.45, 7) is 0. The highest BCUT2D eigenvalue weighted by atomic mass is 16.4. The maximum atomic E-state index is 11.1. The smallest absolute Gasteiger partial charge is 0.0588 e. The lowest BCUT2D eigenvalue weighted by molar-refractivity contribution is -0.318. The van der Waals surface area contributed by atoms with E-state index in [9.17, 15) is 19.8 Å². The monoisotopic (exact) mass is 265 g/mol. The first kappa shape index (κ1) is 12.9. The molecule has 0 radical (unpaired) electrons. The Morgan fingerprint density at radius 3 is 1.89 bits per heavy atom. The molecule has 5 nitrogen and oxygen atoms in total. The minimum absolute atomic E-state index is 0.172. The molecule has 1 unspecified atom stereocenters. The minimum Gasteiger partial charge on any atom is -0.550 e. The molecule has 19 heavy (non-hydrogen) atoms. The lowest BCUT2D eigenvalue weighted by atomic mass is 9.53. The van der Waals surface area contributed by atoms with Gasteiger partial charge in [0, 0.05) is 17.9 Å². The molecule has 4 aliphatic rings. The van der Waals surface area contributed by atoms with Crippen LogP contribution in [-0.4, -0.2) is 23.5 Å². The summed E-state index contributed by atoms with van der Waals surface area (Å²) < 4.78 is 0. The number of hydrogen-bond donors (Lipinski definition) is 1. The van der Waals surface area contributed by atoms with Crippen molar-refractivity contribution in [1.29, 1.82) is 0 Å². The van der Waals surface area contributed by atoms with E-state index in [1.165, 1.54) is 19.3 Å². The number of nitrogens with one attached hydrogen (secondary N) is 1. The largest absolute Gasteiger partial charge is 0.550 e. The zero-order valence-corrected chi connectivity index (χ0v) is 10.9. The summed E-state index contributed by atoms with van der Waals surface area (Å²) >= 11 is 0. The Kier molecular flexibility index (Phi) is 3.04. The molecular weight excluding hydrogens is 246 g/mol. The van der Waals surface area contributed by atoms with Gasteiger partial charge in [-0.15, -0.1) is 0 Å². The zero-order valence-electron chi connectivity index (χ0n) is 10.9. The summed E-state index contributed by atoms with van der Waals surface area (Å²) in [5.74, 6) is -0.622. The third-order valence-corrected chi connectivity index (χ3v) is 5.17. The number of carboxylic acids is 2. The molecule has 0 aromatic rings. The molecule has 106 valence electrons. The molecule has 1 N–H and O–H groups in total. The molecule has 0 spiro atoms. The number of carbonyl (C=O) groups is 2. The van der Waals surface area contributed by atoms with E-state index in [-0.39, 0.29) is 5.54 Å². The van der Waals surface area contributed by atoms with E-state index in [2.05, 4.69) is 5.32 Å². The maximum absolute atomic E-state index is 11.1. The van der Waals surface area contributed by atoms with Crippen molar-refractivity contribution in [3.63, 3.8) is 0 Å². The van der Waals surface area contributed by atoms with Crippen LogP contribution in [0.2, 0.25) is 0 Å². The van der Waals surface area contributed by atoms with Crippen molar-refractivity contribution < 1.29 is 19.8 Å². The summed E-state index contributed by atoms with van der Waals surface area (Å²) in [6.07, 6.45) is 6.22. The molecule has 0 aromatic heterocycles. The molecule has 5 heteroatoms. The number of aliphatic carboxylic acids is 2. The standard InChI is InChI=1S/C14H21NO4/c16-12(17)4-11(13(18)19)15-14-5-8-1-9(6-14)3-10(2-8)7-14/h8-11,15H,1-7H2,(H,16,17)(H,18,19)/p-2. The van der Waals surface area contributed by atoms with Gasteiger partial charge in [0.1, 0.15) is 0 Å². The van der Waals surface area contributed by atoms with E-state index in [0.717, 1.165) is 19.3 Å². The molecule has 0 saturated heterocycles. The van der Waals surface area contributed by atoms with E-state index in [0.29, 0.717) is 17.8 Å². The lowest BCUT2D eigenvalue weighted by Crippen LogP contribution is -2.64. The first-order chi connectivity index (χ1) is 8.96. The third kappa shape index (κ3) is 2.48. The SMILES string of the molecule is O=C([O-])CC(NC12CC3CC(CC(C3)C1)C2)C(=O)[O-]. The third-order valence-electron chi connectivity index (χ3n) is 5.17. The molecule has 4 aliphatic carbocycles. The van der Waals surface area contributed by atoms with Crippen molar-refractivity contribution in [2.45, 2.75) is 56.5 Å². The molecule has 0 amide bonds. The Balaban J connectivity index is 1.74. The van der Waals surface area contributed by atoms with Crippen LogP contribution in [0, 0.1) is 17.8 Å². The van der Waals surface area contributed by atoms with Gasteiger partial charge in [0.25, 0.3) is 0 Å². The maximum Gasteiger partial charge on any atom is 0.0588 e. The van der Waals surface area contributed by atoms with Crippen LogP contribution in [0.5, 0.6) is 0 Å². The summed E-state index contributed by atoms with van der Waals surface area (Å²) in [7, 11) is 0. The van der Waals surface area contributed by atoms with Gasteiger partial charge in [-0.2, -0.15) is 0 Å². The van der Waals surface area contributed by atoms with E-state index in [1.807, 2.05) is 0 Å². The van der Waals surface area contributed by atoms with Crippen molar-refractivity contribution in [2.75, 3.05) is 0 Å². The fourth-order valence-corrected chi connectivity index (χ4v) is 5.02. The van der Waals surface area contributed by atoms with E-state index in [1.54, 1.807) is 0 Å². The van der Waals surface area contributed by atoms with Crippen LogP contribution in [0.1, 0.15) is 44.9 Å². The van der Waals surface area contributed by atoms with E-state index < -0.39 is 24.4 Å². The second-order valence-corrected chi connectivity index (χ2v) is 6.79. The van der Waals surface area contributed by atoms with Crippen LogP contribution in [0.15, 0.2) is 0 Å². The van der Waals surface area contributed by atoms with Gasteiger partial charge in [0.2, 0.25) is 0 Å². The predicted octanol–water partition coefficient (Wildman–Crippen LogP) is -1.20. The van der Waals surface area contributed by atoms with Gasteiger partial charge < -0.3 is 25.1 Å². The molecule has 4 bridgehead atoms. The highest BCUT2D eigenvalue weighted by Gasteiger charge is 2.51. The van der Waals surface area contributed by atoms with E-state index >= 15 is 0 Å². The van der Waals surface area contributed by atoms with Crippen LogP contribution in [0.25, 0.3) is 0 Å². The predicted molar refractivity (Wildman–Crippen MR) is 62.5 cm³/mol. The highest BCUT2D eigenvalue weighted by Crippen LogP contribution is 2.55. The molecule has 0 heterocycles. The molecule has 1 atom stereocenters. The average Bonchev–Trinajstić information content (AvgIpc) is 2.24. The van der Waals surface area contributed by atoms with Crippen LogP contribution >= 0.6 is 0 Å². The number of carbonyl (C=O) groups excluding carboxylic acids is 2. The highest BCUT2D eigenvalue weighted by molar-refractivity contribution is 5.78. The van der Waals surface area contributed by atoms with Crippen molar-refractivity contribution >= 4 is 11.9 Å². The van der Waals surface area contributed by atoms with Crippen molar-refractivity contribution in [1.82, 2.24) is 5.32 Å². The first-order valence-corrected chi connectivity index (χ1v) is 7.14. The fraction of sp³-hybridized carbons (Fsp3) is 0.857. The average molecular weight is 265 g/mol. The normalized spacial score (nSPS) is 41.2. The Labute approximate surface area is 112 Å². The van der Waals surface area contributed by atoms with Crippen LogP contribution in [0.4, 0.5) is 0 Å². The Morgan fingerprint density at radius 1 is 1.05 bits per heavy atom. The summed E-state index contributed by atoms with van der Waals surface area (Å²) in [5, 5.41) is 24.9. The zero-order chi connectivity index (χ0) is 13.6. The molecule has 4 rings (SSSR count). The topological polar surface area (TPSA) is 92.3 Å².